The van der Waals surface area contributed by atoms with Gasteiger partial charge in [-0.1, -0.05) is 6.92 Å². The van der Waals surface area contributed by atoms with Gasteiger partial charge in [-0.2, -0.15) is 0 Å². The van der Waals surface area contributed by atoms with E-state index >= 15 is 0 Å². The summed E-state index contributed by atoms with van der Waals surface area (Å²) in [6.07, 6.45) is 8.32. The molecule has 4 saturated carbocycles. The maximum absolute atomic E-state index is 11.8. The van der Waals surface area contributed by atoms with Gasteiger partial charge in [0, 0.05) is 6.54 Å². The van der Waals surface area contributed by atoms with Crippen LogP contribution < -0.4 is 5.32 Å². The Morgan fingerprint density at radius 1 is 1.18 bits per heavy atom. The topological polar surface area (TPSA) is 38.3 Å². The van der Waals surface area contributed by atoms with Gasteiger partial charge in [-0.15, -0.1) is 0 Å². The van der Waals surface area contributed by atoms with E-state index in [-0.39, 0.29) is 11.7 Å². The second kappa shape index (κ2) is 4.18. The molecule has 3 nitrogen and oxygen atoms in total. The molecule has 4 aliphatic carbocycles. The average molecular weight is 237 g/mol. The highest BCUT2D eigenvalue weighted by atomic mass is 16.6. The zero-order valence-electron chi connectivity index (χ0n) is 10.7. The third-order valence-corrected chi connectivity index (χ3v) is 4.81. The molecule has 4 bridgehead atoms. The Morgan fingerprint density at radius 2 is 1.71 bits per heavy atom. The molecular weight excluding hydrogens is 214 g/mol. The van der Waals surface area contributed by atoms with Gasteiger partial charge in [0.25, 0.3) is 0 Å². The van der Waals surface area contributed by atoms with E-state index in [4.69, 9.17) is 4.74 Å². The van der Waals surface area contributed by atoms with Crippen LogP contribution in [0.3, 0.4) is 0 Å². The van der Waals surface area contributed by atoms with Gasteiger partial charge in [-0.3, -0.25) is 0 Å². The van der Waals surface area contributed by atoms with E-state index in [1.165, 1.54) is 19.3 Å². The predicted molar refractivity (Wildman–Crippen MR) is 65.7 cm³/mol. The van der Waals surface area contributed by atoms with Crippen molar-refractivity contribution in [2.75, 3.05) is 6.54 Å². The summed E-state index contributed by atoms with van der Waals surface area (Å²) in [7, 11) is 0. The number of alkyl carbamates (subject to hydrolysis) is 1. The standard InChI is InChI=1S/C14H23NO2/c1-2-3-15-13(16)17-14-7-10-4-11(8-14)6-12(5-10)9-14/h10-12H,2-9H2,1H3,(H,15,16). The lowest BCUT2D eigenvalue weighted by Crippen LogP contribution is -2.53. The first kappa shape index (κ1) is 11.4. The van der Waals surface area contributed by atoms with E-state index in [9.17, 15) is 4.79 Å². The zero-order valence-corrected chi connectivity index (χ0v) is 10.7. The minimum atomic E-state index is -0.186. The van der Waals surface area contributed by atoms with Crippen LogP contribution in [0.15, 0.2) is 0 Å². The maximum Gasteiger partial charge on any atom is 0.407 e. The van der Waals surface area contributed by atoms with E-state index in [0.29, 0.717) is 0 Å². The number of amides is 1. The number of carbonyl (C=O) groups excluding carboxylic acids is 1. The minimum absolute atomic E-state index is 0.0907. The van der Waals surface area contributed by atoms with Crippen molar-refractivity contribution >= 4 is 6.09 Å². The van der Waals surface area contributed by atoms with Gasteiger partial charge >= 0.3 is 6.09 Å². The minimum Gasteiger partial charge on any atom is -0.443 e. The lowest BCUT2D eigenvalue weighted by atomic mass is 9.54. The van der Waals surface area contributed by atoms with Crippen LogP contribution in [0.25, 0.3) is 0 Å². The number of carbonyl (C=O) groups is 1. The summed E-state index contributed by atoms with van der Waals surface area (Å²) in [5.74, 6) is 2.50. The Kier molecular flexibility index (Phi) is 2.80. The summed E-state index contributed by atoms with van der Waals surface area (Å²) >= 11 is 0. The van der Waals surface area contributed by atoms with Crippen molar-refractivity contribution in [1.29, 1.82) is 0 Å². The van der Waals surface area contributed by atoms with E-state index in [2.05, 4.69) is 12.2 Å². The van der Waals surface area contributed by atoms with Crippen molar-refractivity contribution in [2.24, 2.45) is 17.8 Å². The number of hydrogen-bond donors (Lipinski definition) is 1. The van der Waals surface area contributed by atoms with Crippen LogP contribution in [0.2, 0.25) is 0 Å². The average Bonchev–Trinajstić information content (AvgIpc) is 2.23. The fourth-order valence-corrected chi connectivity index (χ4v) is 4.62. The molecule has 0 aromatic rings. The molecule has 0 atom stereocenters. The van der Waals surface area contributed by atoms with E-state index in [1.54, 1.807) is 0 Å². The molecule has 0 unspecified atom stereocenters. The number of hydrogen-bond acceptors (Lipinski definition) is 2. The molecule has 3 heteroatoms. The van der Waals surface area contributed by atoms with Gasteiger partial charge in [0.15, 0.2) is 0 Å². The van der Waals surface area contributed by atoms with Crippen LogP contribution in [0.1, 0.15) is 51.9 Å². The maximum atomic E-state index is 11.8. The summed E-state index contributed by atoms with van der Waals surface area (Å²) in [5, 5.41) is 2.85. The summed E-state index contributed by atoms with van der Waals surface area (Å²) < 4.78 is 5.80. The lowest BCUT2D eigenvalue weighted by Gasteiger charge is -2.55. The van der Waals surface area contributed by atoms with Gasteiger partial charge in [0.2, 0.25) is 0 Å². The highest BCUT2D eigenvalue weighted by Gasteiger charge is 2.53. The molecule has 0 spiro atoms. The Bertz CT molecular complexity index is 278. The molecule has 4 aliphatic rings. The van der Waals surface area contributed by atoms with Crippen LogP contribution in [-0.2, 0) is 4.74 Å². The molecule has 4 fully saturated rings. The molecule has 0 aromatic carbocycles. The third-order valence-electron chi connectivity index (χ3n) is 4.81. The third kappa shape index (κ3) is 2.16. The second-order valence-corrected chi connectivity index (χ2v) is 6.42. The van der Waals surface area contributed by atoms with Crippen LogP contribution in [0, 0.1) is 17.8 Å². The SMILES string of the molecule is CCCNC(=O)OC12CC3CC(CC(C3)C1)C2. The van der Waals surface area contributed by atoms with Gasteiger partial charge < -0.3 is 10.1 Å². The van der Waals surface area contributed by atoms with Gasteiger partial charge in [-0.25, -0.2) is 4.79 Å². The largest absolute Gasteiger partial charge is 0.443 e. The van der Waals surface area contributed by atoms with E-state index in [1.807, 2.05) is 0 Å². The Morgan fingerprint density at radius 3 is 2.18 bits per heavy atom. The first-order valence-electron chi connectivity index (χ1n) is 7.16. The summed E-state index contributed by atoms with van der Waals surface area (Å²) in [6, 6.07) is 0. The Hall–Kier alpha value is -0.730. The summed E-state index contributed by atoms with van der Waals surface area (Å²) in [6.45, 7) is 2.79. The van der Waals surface area contributed by atoms with E-state index < -0.39 is 0 Å². The molecule has 0 radical (unpaired) electrons. The highest BCUT2D eigenvalue weighted by Crippen LogP contribution is 2.57. The molecule has 0 heterocycles. The molecule has 17 heavy (non-hydrogen) atoms. The first-order valence-corrected chi connectivity index (χ1v) is 7.16. The van der Waals surface area contributed by atoms with Crippen LogP contribution >= 0.6 is 0 Å². The Labute approximate surface area is 103 Å². The van der Waals surface area contributed by atoms with Crippen LogP contribution in [-0.4, -0.2) is 18.2 Å². The van der Waals surface area contributed by atoms with E-state index in [0.717, 1.165) is 50.0 Å². The summed E-state index contributed by atoms with van der Waals surface area (Å²) in [5.41, 5.74) is -0.0907. The molecule has 96 valence electrons. The van der Waals surface area contributed by atoms with Crippen LogP contribution in [0.4, 0.5) is 4.79 Å². The fourth-order valence-electron chi connectivity index (χ4n) is 4.62. The Balaban J connectivity index is 1.64. The first-order chi connectivity index (χ1) is 8.19. The van der Waals surface area contributed by atoms with Gasteiger partial charge in [0.1, 0.15) is 5.60 Å². The van der Waals surface area contributed by atoms with Gasteiger partial charge in [-0.05, 0) is 62.7 Å². The van der Waals surface area contributed by atoms with Crippen molar-refractivity contribution in [2.45, 2.75) is 57.5 Å². The second-order valence-electron chi connectivity index (χ2n) is 6.42. The predicted octanol–water partition coefficient (Wildman–Crippen LogP) is 3.09. The van der Waals surface area contributed by atoms with Crippen LogP contribution in [0.5, 0.6) is 0 Å². The van der Waals surface area contributed by atoms with Gasteiger partial charge in [0.05, 0.1) is 0 Å². The van der Waals surface area contributed by atoms with Crippen molar-refractivity contribution in [3.05, 3.63) is 0 Å². The monoisotopic (exact) mass is 237 g/mol. The molecule has 1 N–H and O–H groups in total. The molecule has 0 aromatic heterocycles. The normalized spacial score (nSPS) is 42.5. The summed E-state index contributed by atoms with van der Waals surface area (Å²) in [4.78, 5) is 11.8. The van der Waals surface area contributed by atoms with Crippen molar-refractivity contribution in [3.63, 3.8) is 0 Å². The van der Waals surface area contributed by atoms with Crippen molar-refractivity contribution in [1.82, 2.24) is 5.32 Å². The van der Waals surface area contributed by atoms with Crippen molar-refractivity contribution in [3.8, 4) is 0 Å². The molecule has 1 amide bonds. The highest BCUT2D eigenvalue weighted by molar-refractivity contribution is 5.67. The van der Waals surface area contributed by atoms with Crippen molar-refractivity contribution < 1.29 is 9.53 Å². The number of nitrogens with one attached hydrogen (secondary N) is 1. The zero-order chi connectivity index (χ0) is 11.9. The smallest absolute Gasteiger partial charge is 0.407 e. The lowest BCUT2D eigenvalue weighted by molar-refractivity contribution is -0.127. The fraction of sp³-hybridized carbons (Fsp3) is 0.929. The molecule has 4 rings (SSSR count). The molecule has 0 aliphatic heterocycles. The molecule has 0 saturated heterocycles. The number of ether oxygens (including phenoxy) is 1. The molecular formula is C14H23NO2. The quantitative estimate of drug-likeness (QED) is 0.819. The number of rotatable bonds is 3.